The number of methoxy groups -OCH3 is 1. The molecule has 15 heavy (non-hydrogen) atoms. The minimum atomic E-state index is 0.131. The molecule has 3 nitrogen and oxygen atoms in total. The van der Waals surface area contributed by atoms with Gasteiger partial charge in [-0.15, -0.1) is 0 Å². The largest absolute Gasteiger partial charge is 0.496 e. The molecule has 1 aliphatic heterocycles. The van der Waals surface area contributed by atoms with Gasteiger partial charge in [0.2, 0.25) is 5.91 Å². The van der Waals surface area contributed by atoms with E-state index in [0.717, 1.165) is 16.8 Å². The summed E-state index contributed by atoms with van der Waals surface area (Å²) in [7, 11) is 1.64. The summed E-state index contributed by atoms with van der Waals surface area (Å²) in [6, 6.07) is 5.94. The predicted molar refractivity (Wildman–Crippen MR) is 61.1 cm³/mol. The van der Waals surface area contributed by atoms with Crippen LogP contribution in [-0.4, -0.2) is 19.6 Å². The van der Waals surface area contributed by atoms with E-state index in [4.69, 9.17) is 4.74 Å². The number of halogens is 1. The van der Waals surface area contributed by atoms with Gasteiger partial charge in [0.05, 0.1) is 11.6 Å². The Morgan fingerprint density at radius 2 is 2.33 bits per heavy atom. The van der Waals surface area contributed by atoms with Gasteiger partial charge in [-0.2, -0.15) is 0 Å². The van der Waals surface area contributed by atoms with Gasteiger partial charge in [0.1, 0.15) is 5.75 Å². The van der Waals surface area contributed by atoms with E-state index >= 15 is 0 Å². The van der Waals surface area contributed by atoms with Gasteiger partial charge >= 0.3 is 0 Å². The number of carbonyl (C=O) groups excluding carboxylic acids is 1. The molecule has 0 radical (unpaired) electrons. The van der Waals surface area contributed by atoms with Crippen molar-refractivity contribution in [2.24, 2.45) is 0 Å². The molecule has 1 unspecified atom stereocenters. The number of amides is 1. The molecule has 1 atom stereocenters. The van der Waals surface area contributed by atoms with E-state index in [1.54, 1.807) is 7.11 Å². The van der Waals surface area contributed by atoms with E-state index in [9.17, 15) is 4.79 Å². The van der Waals surface area contributed by atoms with Crippen molar-refractivity contribution in [1.82, 2.24) is 5.32 Å². The molecule has 2 rings (SSSR count). The van der Waals surface area contributed by atoms with Gasteiger partial charge in [0.25, 0.3) is 0 Å². The number of nitrogens with one attached hydrogen (secondary N) is 1. The van der Waals surface area contributed by atoms with Crippen molar-refractivity contribution >= 4 is 21.8 Å². The van der Waals surface area contributed by atoms with Crippen molar-refractivity contribution in [2.75, 3.05) is 13.7 Å². The average molecular weight is 270 g/mol. The van der Waals surface area contributed by atoms with E-state index in [-0.39, 0.29) is 5.91 Å². The molecule has 1 saturated heterocycles. The molecule has 0 spiro atoms. The van der Waals surface area contributed by atoms with E-state index < -0.39 is 0 Å². The Kier molecular flexibility index (Phi) is 2.95. The molecule has 0 aromatic heterocycles. The van der Waals surface area contributed by atoms with Crippen molar-refractivity contribution in [2.45, 2.75) is 12.3 Å². The Labute approximate surface area is 96.9 Å². The number of rotatable bonds is 2. The number of carbonyl (C=O) groups is 1. The van der Waals surface area contributed by atoms with Crippen molar-refractivity contribution < 1.29 is 9.53 Å². The molecule has 0 saturated carbocycles. The Hall–Kier alpha value is -1.03. The van der Waals surface area contributed by atoms with Crippen LogP contribution in [0.25, 0.3) is 0 Å². The highest BCUT2D eigenvalue weighted by Gasteiger charge is 2.23. The molecular formula is C11H12BrNO2. The van der Waals surface area contributed by atoms with E-state index in [2.05, 4.69) is 21.2 Å². The molecule has 1 aromatic carbocycles. The molecule has 1 aromatic rings. The summed E-state index contributed by atoms with van der Waals surface area (Å²) in [5, 5.41) is 2.83. The SMILES string of the molecule is COc1ccc(C2CNC(=O)C2)cc1Br. The molecule has 4 heteroatoms. The zero-order valence-corrected chi connectivity index (χ0v) is 10.0. The highest BCUT2D eigenvalue weighted by atomic mass is 79.9. The smallest absolute Gasteiger partial charge is 0.220 e. The number of benzene rings is 1. The monoisotopic (exact) mass is 269 g/mol. The lowest BCUT2D eigenvalue weighted by Crippen LogP contribution is -2.13. The lowest BCUT2D eigenvalue weighted by atomic mass is 9.98. The third-order valence-corrected chi connectivity index (χ3v) is 3.24. The maximum absolute atomic E-state index is 11.1. The lowest BCUT2D eigenvalue weighted by Gasteiger charge is -2.10. The summed E-state index contributed by atoms with van der Waals surface area (Å²) in [5.41, 5.74) is 1.17. The predicted octanol–water partition coefficient (Wildman–Crippen LogP) is 2.06. The number of ether oxygens (including phenoxy) is 1. The second kappa shape index (κ2) is 4.23. The summed E-state index contributed by atoms with van der Waals surface area (Å²) < 4.78 is 6.09. The van der Waals surface area contributed by atoms with E-state index in [1.807, 2.05) is 18.2 Å². The molecule has 1 aliphatic rings. The fourth-order valence-electron chi connectivity index (χ4n) is 1.78. The molecule has 1 amide bonds. The van der Waals surface area contributed by atoms with Crippen LogP contribution in [0.2, 0.25) is 0 Å². The number of hydrogen-bond acceptors (Lipinski definition) is 2. The summed E-state index contributed by atoms with van der Waals surface area (Å²) in [4.78, 5) is 11.1. The Balaban J connectivity index is 2.22. The van der Waals surface area contributed by atoms with Crippen LogP contribution in [-0.2, 0) is 4.79 Å². The lowest BCUT2D eigenvalue weighted by molar-refractivity contribution is -0.119. The normalized spacial score (nSPS) is 20.1. The van der Waals surface area contributed by atoms with Crippen molar-refractivity contribution in [1.29, 1.82) is 0 Å². The highest BCUT2D eigenvalue weighted by molar-refractivity contribution is 9.10. The van der Waals surface area contributed by atoms with Crippen LogP contribution in [0.4, 0.5) is 0 Å². The van der Waals surface area contributed by atoms with Gasteiger partial charge in [-0.25, -0.2) is 0 Å². The van der Waals surface area contributed by atoms with Crippen LogP contribution in [0.5, 0.6) is 5.75 Å². The molecule has 1 fully saturated rings. The molecular weight excluding hydrogens is 258 g/mol. The summed E-state index contributed by atoms with van der Waals surface area (Å²) in [6.07, 6.45) is 0.582. The third kappa shape index (κ3) is 2.15. The van der Waals surface area contributed by atoms with Crippen LogP contribution in [0.15, 0.2) is 22.7 Å². The Morgan fingerprint density at radius 3 is 2.87 bits per heavy atom. The van der Waals surface area contributed by atoms with Crippen LogP contribution in [0, 0.1) is 0 Å². The van der Waals surface area contributed by atoms with E-state index in [1.165, 1.54) is 5.56 Å². The maximum atomic E-state index is 11.1. The fourth-order valence-corrected chi connectivity index (χ4v) is 2.34. The summed E-state index contributed by atoms with van der Waals surface area (Å²) in [5.74, 6) is 1.24. The summed E-state index contributed by atoms with van der Waals surface area (Å²) in [6.45, 7) is 0.734. The van der Waals surface area contributed by atoms with Gasteiger partial charge in [-0.05, 0) is 33.6 Å². The van der Waals surface area contributed by atoms with Gasteiger partial charge in [0.15, 0.2) is 0 Å². The van der Waals surface area contributed by atoms with Crippen molar-refractivity contribution in [3.05, 3.63) is 28.2 Å². The fraction of sp³-hybridized carbons (Fsp3) is 0.364. The first-order valence-corrected chi connectivity index (χ1v) is 5.60. The van der Waals surface area contributed by atoms with Crippen LogP contribution < -0.4 is 10.1 Å². The molecule has 0 aliphatic carbocycles. The van der Waals surface area contributed by atoms with Gasteiger partial charge in [-0.1, -0.05) is 6.07 Å². The van der Waals surface area contributed by atoms with Crippen molar-refractivity contribution in [3.8, 4) is 5.75 Å². The van der Waals surface area contributed by atoms with Gasteiger partial charge in [-0.3, -0.25) is 4.79 Å². The number of hydrogen-bond donors (Lipinski definition) is 1. The standard InChI is InChI=1S/C11H12BrNO2/c1-15-10-3-2-7(4-9(10)12)8-5-11(14)13-6-8/h2-4,8H,5-6H2,1H3,(H,13,14). The molecule has 80 valence electrons. The van der Waals surface area contributed by atoms with Crippen molar-refractivity contribution in [3.63, 3.8) is 0 Å². The first kappa shape index (κ1) is 10.5. The topological polar surface area (TPSA) is 38.3 Å². The van der Waals surface area contributed by atoms with Gasteiger partial charge < -0.3 is 10.1 Å². The summed E-state index contributed by atoms with van der Waals surface area (Å²) >= 11 is 3.44. The van der Waals surface area contributed by atoms with Crippen LogP contribution in [0.1, 0.15) is 17.9 Å². The second-order valence-electron chi connectivity index (χ2n) is 3.60. The zero-order valence-electron chi connectivity index (χ0n) is 8.42. The second-order valence-corrected chi connectivity index (χ2v) is 4.45. The molecule has 1 heterocycles. The Bertz CT molecular complexity index is 392. The van der Waals surface area contributed by atoms with Crippen LogP contribution in [0.3, 0.4) is 0 Å². The first-order chi connectivity index (χ1) is 7.20. The molecule has 1 N–H and O–H groups in total. The minimum Gasteiger partial charge on any atom is -0.496 e. The average Bonchev–Trinajstić information content (AvgIpc) is 2.65. The van der Waals surface area contributed by atoms with Crippen LogP contribution >= 0.6 is 15.9 Å². The van der Waals surface area contributed by atoms with E-state index in [0.29, 0.717) is 12.3 Å². The minimum absolute atomic E-state index is 0.131. The quantitative estimate of drug-likeness (QED) is 0.893. The highest BCUT2D eigenvalue weighted by Crippen LogP contribution is 2.31. The molecule has 0 bridgehead atoms. The Morgan fingerprint density at radius 1 is 1.53 bits per heavy atom. The zero-order chi connectivity index (χ0) is 10.8. The maximum Gasteiger partial charge on any atom is 0.220 e. The first-order valence-electron chi connectivity index (χ1n) is 4.81. The van der Waals surface area contributed by atoms with Gasteiger partial charge in [0, 0.05) is 18.9 Å². The third-order valence-electron chi connectivity index (χ3n) is 2.62.